The Labute approximate surface area is 505 Å². The smallest absolute Gasteiger partial charge is 0.306 e. The summed E-state index contributed by atoms with van der Waals surface area (Å²) in [6.45, 7) is 6.34. The van der Waals surface area contributed by atoms with E-state index in [-0.39, 0.29) is 37.5 Å². The van der Waals surface area contributed by atoms with E-state index in [1.54, 1.807) is 0 Å². The van der Waals surface area contributed by atoms with Gasteiger partial charge >= 0.3 is 17.9 Å². The molecule has 0 aliphatic heterocycles. The third kappa shape index (κ3) is 65.8. The molecule has 0 rings (SSSR count). The van der Waals surface area contributed by atoms with Gasteiger partial charge in [0.25, 0.3) is 0 Å². The van der Waals surface area contributed by atoms with Crippen LogP contribution in [0.15, 0.2) is 158 Å². The number of esters is 3. The number of hydrogen-bond acceptors (Lipinski definition) is 6. The second-order valence-electron chi connectivity index (χ2n) is 21.6. The molecule has 0 aromatic rings. The van der Waals surface area contributed by atoms with Gasteiger partial charge in [-0.25, -0.2) is 0 Å². The van der Waals surface area contributed by atoms with Gasteiger partial charge in [0.15, 0.2) is 6.10 Å². The first-order valence-corrected chi connectivity index (χ1v) is 33.5. The Balaban J connectivity index is 4.37. The molecule has 6 nitrogen and oxygen atoms in total. The Morgan fingerprint density at radius 1 is 0.256 bits per heavy atom. The summed E-state index contributed by atoms with van der Waals surface area (Å²) in [7, 11) is 0. The summed E-state index contributed by atoms with van der Waals surface area (Å²) in [4.78, 5) is 38.3. The molecule has 82 heavy (non-hydrogen) atoms. The molecule has 0 aromatic heterocycles. The van der Waals surface area contributed by atoms with Gasteiger partial charge in [-0.2, -0.15) is 0 Å². The van der Waals surface area contributed by atoms with Crippen molar-refractivity contribution in [3.8, 4) is 0 Å². The summed E-state index contributed by atoms with van der Waals surface area (Å²) in [6.07, 6.45) is 99.9. The molecule has 0 saturated carbocycles. The van der Waals surface area contributed by atoms with Crippen molar-refractivity contribution < 1.29 is 28.6 Å². The van der Waals surface area contributed by atoms with E-state index in [9.17, 15) is 14.4 Å². The fourth-order valence-corrected chi connectivity index (χ4v) is 8.86. The number of unbranched alkanes of at least 4 members (excludes halogenated alkanes) is 22. The number of carbonyl (C=O) groups excluding carboxylic acids is 3. The van der Waals surface area contributed by atoms with Crippen LogP contribution < -0.4 is 0 Å². The first-order valence-electron chi connectivity index (χ1n) is 33.5. The molecule has 0 aliphatic carbocycles. The lowest BCUT2D eigenvalue weighted by Gasteiger charge is -2.18. The minimum Gasteiger partial charge on any atom is -0.462 e. The Bertz CT molecular complexity index is 1830. The quantitative estimate of drug-likeness (QED) is 0.0261. The highest BCUT2D eigenvalue weighted by Gasteiger charge is 2.19. The lowest BCUT2D eigenvalue weighted by atomic mass is 10.0. The second kappa shape index (κ2) is 68.5. The molecule has 0 aromatic carbocycles. The largest absolute Gasteiger partial charge is 0.462 e. The third-order valence-electron chi connectivity index (χ3n) is 13.8. The third-order valence-corrected chi connectivity index (χ3v) is 13.8. The lowest BCUT2D eigenvalue weighted by molar-refractivity contribution is -0.166. The summed E-state index contributed by atoms with van der Waals surface area (Å²) >= 11 is 0. The molecule has 1 atom stereocenters. The highest BCUT2D eigenvalue weighted by atomic mass is 16.6. The normalized spacial score (nSPS) is 13.2. The van der Waals surface area contributed by atoms with E-state index in [2.05, 4.69) is 173 Å². The number of rotatable bonds is 59. The van der Waals surface area contributed by atoms with Crippen molar-refractivity contribution in [2.24, 2.45) is 0 Å². The van der Waals surface area contributed by atoms with E-state index < -0.39 is 6.10 Å². The van der Waals surface area contributed by atoms with Crippen LogP contribution in [0.4, 0.5) is 0 Å². The van der Waals surface area contributed by atoms with Crippen LogP contribution in [0.3, 0.4) is 0 Å². The maximum Gasteiger partial charge on any atom is 0.306 e. The molecule has 0 aliphatic rings. The predicted molar refractivity (Wildman–Crippen MR) is 357 cm³/mol. The van der Waals surface area contributed by atoms with Crippen LogP contribution in [0.25, 0.3) is 0 Å². The van der Waals surface area contributed by atoms with Crippen molar-refractivity contribution in [3.63, 3.8) is 0 Å². The highest BCUT2D eigenvalue weighted by Crippen LogP contribution is 2.16. The van der Waals surface area contributed by atoms with Gasteiger partial charge in [0.05, 0.1) is 0 Å². The van der Waals surface area contributed by atoms with Gasteiger partial charge in [-0.15, -0.1) is 0 Å². The van der Waals surface area contributed by atoms with E-state index in [4.69, 9.17) is 14.2 Å². The van der Waals surface area contributed by atoms with E-state index in [1.165, 1.54) is 96.3 Å². The van der Waals surface area contributed by atoms with Crippen LogP contribution in [-0.4, -0.2) is 37.2 Å². The molecular weight excluding hydrogens is 1010 g/mol. The number of carbonyl (C=O) groups is 3. The van der Waals surface area contributed by atoms with Gasteiger partial charge in [0.1, 0.15) is 13.2 Å². The van der Waals surface area contributed by atoms with Crippen molar-refractivity contribution in [1.82, 2.24) is 0 Å². The van der Waals surface area contributed by atoms with Crippen molar-refractivity contribution in [2.45, 2.75) is 290 Å². The van der Waals surface area contributed by atoms with E-state index in [0.29, 0.717) is 19.3 Å². The minimum absolute atomic E-state index is 0.114. The van der Waals surface area contributed by atoms with Crippen LogP contribution in [0.2, 0.25) is 0 Å². The van der Waals surface area contributed by atoms with E-state index in [0.717, 1.165) is 141 Å². The maximum atomic E-state index is 12.9. The first-order chi connectivity index (χ1) is 40.5. The average Bonchev–Trinajstić information content (AvgIpc) is 3.47. The first kappa shape index (κ1) is 77.0. The van der Waals surface area contributed by atoms with Gasteiger partial charge < -0.3 is 14.2 Å². The molecule has 462 valence electrons. The zero-order valence-corrected chi connectivity index (χ0v) is 52.9. The summed E-state index contributed by atoms with van der Waals surface area (Å²) in [6, 6.07) is 0. The Morgan fingerprint density at radius 2 is 0.500 bits per heavy atom. The Kier molecular flexibility index (Phi) is 64.4. The topological polar surface area (TPSA) is 78.9 Å². The molecule has 0 saturated heterocycles. The summed E-state index contributed by atoms with van der Waals surface area (Å²) in [5.41, 5.74) is 0. The second-order valence-corrected chi connectivity index (χ2v) is 21.6. The molecule has 0 fully saturated rings. The molecule has 6 heteroatoms. The molecule has 0 spiro atoms. The monoisotopic (exact) mass is 1130 g/mol. The number of ether oxygens (including phenoxy) is 3. The standard InChI is InChI=1S/C76H122O6/c1-4-7-10-13-16-19-22-25-27-29-31-32-33-34-35-36-37-38-39-40-41-42-43-44-45-47-48-51-54-57-60-63-66-69-75(78)81-72-73(71-80-74(77)68-65-62-59-56-53-50-24-21-18-15-12-9-6-3)82-76(79)70-67-64-61-58-55-52-49-46-30-28-26-23-20-17-14-11-8-5-2/h7,9-10,12,16,18-19,21,25,27,31-32,34-35,37-38,40-41,43-44,47-48,50,53,59,62,73H,4-6,8,11,13-15,17,20,22-24,26,28-30,33,36,39,42,45-46,49,51-52,54-58,60-61,63-72H2,1-3H3/b10-7-,12-9-,19-16-,21-18-,27-25-,32-31-,35-34-,38-37-,41-40-,44-43-,48-47-,53-50-,62-59-. The Hall–Kier alpha value is -4.97. The van der Waals surface area contributed by atoms with E-state index in [1.807, 2.05) is 6.08 Å². The van der Waals surface area contributed by atoms with E-state index >= 15 is 0 Å². The highest BCUT2D eigenvalue weighted by molar-refractivity contribution is 5.71. The van der Waals surface area contributed by atoms with Crippen molar-refractivity contribution >= 4 is 17.9 Å². The SMILES string of the molecule is CC/C=C\C/C=C\C/C=C\C/C=C\C/C=C\C/C=C\C/C=C\C/C=C\C/C=C\CCCCCCCC(=O)OCC(COC(=O)CC/C=C\C/C=C\C/C=C\C/C=C\CC)OC(=O)CCCCCCCCCCCCCCCCCCCC. The van der Waals surface area contributed by atoms with Gasteiger partial charge in [0, 0.05) is 19.3 Å². The summed E-state index contributed by atoms with van der Waals surface area (Å²) in [5, 5.41) is 0. The summed E-state index contributed by atoms with van der Waals surface area (Å²) < 4.78 is 16.8. The number of hydrogen-bond donors (Lipinski definition) is 0. The zero-order chi connectivity index (χ0) is 59.2. The van der Waals surface area contributed by atoms with Crippen molar-refractivity contribution in [1.29, 1.82) is 0 Å². The maximum absolute atomic E-state index is 12.9. The van der Waals surface area contributed by atoms with Crippen molar-refractivity contribution in [3.05, 3.63) is 158 Å². The molecule has 0 radical (unpaired) electrons. The van der Waals surface area contributed by atoms with Gasteiger partial charge in [-0.1, -0.05) is 307 Å². The van der Waals surface area contributed by atoms with Gasteiger partial charge in [-0.3, -0.25) is 14.4 Å². The van der Waals surface area contributed by atoms with Gasteiger partial charge in [0.2, 0.25) is 0 Å². The van der Waals surface area contributed by atoms with Crippen LogP contribution in [0.1, 0.15) is 284 Å². The lowest BCUT2D eigenvalue weighted by Crippen LogP contribution is -2.30. The van der Waals surface area contributed by atoms with Crippen LogP contribution in [0.5, 0.6) is 0 Å². The zero-order valence-electron chi connectivity index (χ0n) is 52.9. The average molecular weight is 1130 g/mol. The van der Waals surface area contributed by atoms with Crippen molar-refractivity contribution in [2.75, 3.05) is 13.2 Å². The van der Waals surface area contributed by atoms with Crippen LogP contribution >= 0.6 is 0 Å². The fraction of sp³-hybridized carbons (Fsp3) is 0.618. The Morgan fingerprint density at radius 3 is 0.817 bits per heavy atom. The molecular formula is C76H122O6. The van der Waals surface area contributed by atoms with Gasteiger partial charge in [-0.05, 0) is 116 Å². The molecule has 1 unspecified atom stereocenters. The predicted octanol–water partition coefficient (Wildman–Crippen LogP) is 23.3. The fourth-order valence-electron chi connectivity index (χ4n) is 8.86. The van der Waals surface area contributed by atoms with Crippen LogP contribution in [-0.2, 0) is 28.6 Å². The minimum atomic E-state index is -0.821. The summed E-state index contributed by atoms with van der Waals surface area (Å²) in [5.74, 6) is -1.01. The number of allylic oxidation sites excluding steroid dienone is 26. The molecule has 0 heterocycles. The molecule has 0 bridgehead atoms. The van der Waals surface area contributed by atoms with Crippen LogP contribution in [0, 0.1) is 0 Å². The molecule has 0 N–H and O–H groups in total. The molecule has 0 amide bonds.